The molecule has 2 heterocycles. The van der Waals surface area contributed by atoms with Crippen molar-refractivity contribution in [3.63, 3.8) is 0 Å². The fourth-order valence-corrected chi connectivity index (χ4v) is 2.68. The normalized spacial score (nSPS) is 15.7. The number of hydrogen-bond acceptors (Lipinski definition) is 3. The molecule has 1 aliphatic carbocycles. The van der Waals surface area contributed by atoms with E-state index in [1.165, 1.54) is 12.8 Å². The number of aromatic nitrogens is 4. The predicted octanol–water partition coefficient (Wildman–Crippen LogP) is 2.91. The zero-order chi connectivity index (χ0) is 15.5. The quantitative estimate of drug-likeness (QED) is 0.823. The van der Waals surface area contributed by atoms with E-state index in [0.717, 1.165) is 18.5 Å². The molecule has 7 heteroatoms. The van der Waals surface area contributed by atoms with E-state index in [4.69, 9.17) is 11.6 Å². The highest BCUT2D eigenvalue weighted by Crippen LogP contribution is 2.38. The fourth-order valence-electron chi connectivity index (χ4n) is 2.54. The first-order valence-electron chi connectivity index (χ1n) is 7.70. The summed E-state index contributed by atoms with van der Waals surface area (Å²) in [6, 6.07) is 2.09. The topological polar surface area (TPSA) is 75.6 Å². The highest BCUT2D eigenvalue weighted by Gasteiger charge is 2.26. The molecule has 0 saturated heterocycles. The van der Waals surface area contributed by atoms with Crippen LogP contribution in [0.25, 0.3) is 0 Å². The first-order chi connectivity index (χ1) is 10.7. The van der Waals surface area contributed by atoms with E-state index in [2.05, 4.69) is 27.5 Å². The Hall–Kier alpha value is -1.82. The minimum Gasteiger partial charge on any atom is -0.351 e. The summed E-state index contributed by atoms with van der Waals surface area (Å²) in [6.07, 6.45) is 7.56. The molecule has 22 heavy (non-hydrogen) atoms. The van der Waals surface area contributed by atoms with Crippen LogP contribution in [0.3, 0.4) is 0 Å². The van der Waals surface area contributed by atoms with Crippen molar-refractivity contribution in [3.8, 4) is 0 Å². The Morgan fingerprint density at radius 3 is 3.05 bits per heavy atom. The van der Waals surface area contributed by atoms with Crippen molar-refractivity contribution in [2.24, 2.45) is 0 Å². The summed E-state index contributed by atoms with van der Waals surface area (Å²) in [4.78, 5) is 12.1. The highest BCUT2D eigenvalue weighted by molar-refractivity contribution is 6.30. The van der Waals surface area contributed by atoms with Gasteiger partial charge in [-0.1, -0.05) is 18.5 Å². The van der Waals surface area contributed by atoms with Crippen LogP contribution in [-0.2, 0) is 0 Å². The maximum absolute atomic E-state index is 12.1. The van der Waals surface area contributed by atoms with Crippen LogP contribution in [0.5, 0.6) is 0 Å². The van der Waals surface area contributed by atoms with Gasteiger partial charge in [0.25, 0.3) is 5.91 Å². The molecule has 1 aliphatic rings. The number of nitrogens with zero attached hydrogens (tertiary/aromatic N) is 3. The van der Waals surface area contributed by atoms with Gasteiger partial charge >= 0.3 is 0 Å². The molecular weight excluding hydrogens is 302 g/mol. The molecule has 0 spiro atoms. The van der Waals surface area contributed by atoms with Crippen molar-refractivity contribution in [2.45, 2.75) is 44.6 Å². The highest BCUT2D eigenvalue weighted by atomic mass is 35.5. The zero-order valence-corrected chi connectivity index (χ0v) is 13.3. The van der Waals surface area contributed by atoms with Gasteiger partial charge < -0.3 is 5.32 Å². The lowest BCUT2D eigenvalue weighted by molar-refractivity contribution is 0.0946. The Bertz CT molecular complexity index is 646. The summed E-state index contributed by atoms with van der Waals surface area (Å²) in [5.41, 5.74) is 1.54. The van der Waals surface area contributed by atoms with Crippen LogP contribution >= 0.6 is 11.6 Å². The number of rotatable bonds is 7. The Balaban J connectivity index is 1.49. The van der Waals surface area contributed by atoms with E-state index < -0.39 is 0 Å². The van der Waals surface area contributed by atoms with E-state index in [0.29, 0.717) is 23.2 Å². The molecule has 0 aliphatic heterocycles. The Morgan fingerprint density at radius 2 is 2.41 bits per heavy atom. The third-order valence-corrected chi connectivity index (χ3v) is 4.22. The van der Waals surface area contributed by atoms with Crippen LogP contribution < -0.4 is 5.32 Å². The molecule has 1 saturated carbocycles. The van der Waals surface area contributed by atoms with Crippen molar-refractivity contribution >= 4 is 17.5 Å². The van der Waals surface area contributed by atoms with Crippen LogP contribution in [0.1, 0.15) is 60.7 Å². The maximum Gasteiger partial charge on any atom is 0.271 e. The molecule has 0 aromatic carbocycles. The molecule has 2 N–H and O–H groups in total. The first-order valence-corrected chi connectivity index (χ1v) is 8.08. The SMILES string of the molecule is CC[C@@H](CCNC(=O)c1cc(C2CC2)[nH]n1)n1cc(Cl)cn1. The molecule has 1 fully saturated rings. The number of H-pyrrole nitrogens is 1. The van der Waals surface area contributed by atoms with Crippen molar-refractivity contribution in [2.75, 3.05) is 6.54 Å². The molecule has 1 amide bonds. The molecule has 2 aromatic heterocycles. The second kappa shape index (κ2) is 6.52. The summed E-state index contributed by atoms with van der Waals surface area (Å²) in [6.45, 7) is 2.68. The number of nitrogens with one attached hydrogen (secondary N) is 2. The van der Waals surface area contributed by atoms with Crippen molar-refractivity contribution in [1.82, 2.24) is 25.3 Å². The van der Waals surface area contributed by atoms with Gasteiger partial charge in [-0.25, -0.2) is 0 Å². The minimum atomic E-state index is -0.128. The minimum absolute atomic E-state index is 0.128. The van der Waals surface area contributed by atoms with Crippen LogP contribution in [0.2, 0.25) is 5.02 Å². The van der Waals surface area contributed by atoms with Gasteiger partial charge in [0.05, 0.1) is 17.3 Å². The molecule has 3 rings (SSSR count). The van der Waals surface area contributed by atoms with E-state index >= 15 is 0 Å². The van der Waals surface area contributed by atoms with Gasteiger partial charge in [0.2, 0.25) is 0 Å². The lowest BCUT2D eigenvalue weighted by Gasteiger charge is -2.15. The summed E-state index contributed by atoms with van der Waals surface area (Å²) in [5, 5.41) is 14.8. The lowest BCUT2D eigenvalue weighted by Crippen LogP contribution is -2.27. The fraction of sp³-hybridized carbons (Fsp3) is 0.533. The largest absolute Gasteiger partial charge is 0.351 e. The summed E-state index contributed by atoms with van der Waals surface area (Å²) in [7, 11) is 0. The lowest BCUT2D eigenvalue weighted by atomic mass is 10.1. The number of hydrogen-bond donors (Lipinski definition) is 2. The van der Waals surface area contributed by atoms with Crippen molar-refractivity contribution < 1.29 is 4.79 Å². The third-order valence-electron chi connectivity index (χ3n) is 4.03. The van der Waals surface area contributed by atoms with Crippen molar-refractivity contribution in [1.29, 1.82) is 0 Å². The second-order valence-corrected chi connectivity index (χ2v) is 6.16. The molecular formula is C15H20ClN5O. The summed E-state index contributed by atoms with van der Waals surface area (Å²) in [5.74, 6) is 0.444. The van der Waals surface area contributed by atoms with Crippen molar-refractivity contribution in [3.05, 3.63) is 34.9 Å². The first kappa shape index (κ1) is 15.1. The van der Waals surface area contributed by atoms with E-state index in [1.807, 2.05) is 16.9 Å². The maximum atomic E-state index is 12.1. The Kier molecular flexibility index (Phi) is 4.47. The van der Waals surface area contributed by atoms with Gasteiger partial charge in [-0.3, -0.25) is 14.6 Å². The molecule has 2 aromatic rings. The van der Waals surface area contributed by atoms with E-state index in [-0.39, 0.29) is 11.9 Å². The third kappa shape index (κ3) is 3.50. The monoisotopic (exact) mass is 321 g/mol. The smallest absolute Gasteiger partial charge is 0.271 e. The summed E-state index contributed by atoms with van der Waals surface area (Å²) >= 11 is 5.89. The number of aromatic amines is 1. The average molecular weight is 322 g/mol. The van der Waals surface area contributed by atoms with Gasteiger partial charge in [0.15, 0.2) is 0 Å². The molecule has 0 radical (unpaired) electrons. The zero-order valence-electron chi connectivity index (χ0n) is 12.6. The number of carbonyl (C=O) groups is 1. The molecule has 118 valence electrons. The van der Waals surface area contributed by atoms with E-state index in [9.17, 15) is 4.79 Å². The Labute approximate surface area is 134 Å². The van der Waals surface area contributed by atoms with Crippen LogP contribution in [0.15, 0.2) is 18.5 Å². The Morgan fingerprint density at radius 1 is 1.59 bits per heavy atom. The number of amides is 1. The summed E-state index contributed by atoms with van der Waals surface area (Å²) < 4.78 is 1.86. The number of carbonyl (C=O) groups excluding carboxylic acids is 1. The van der Waals surface area contributed by atoms with Gasteiger partial charge in [-0.2, -0.15) is 10.2 Å². The molecule has 1 atom stereocenters. The predicted molar refractivity (Wildman–Crippen MR) is 84.1 cm³/mol. The van der Waals surface area contributed by atoms with Gasteiger partial charge in [0.1, 0.15) is 5.69 Å². The second-order valence-electron chi connectivity index (χ2n) is 5.73. The van der Waals surface area contributed by atoms with E-state index in [1.54, 1.807) is 6.20 Å². The average Bonchev–Trinajstić information content (AvgIpc) is 3.08. The van der Waals surface area contributed by atoms with Crippen LogP contribution in [0, 0.1) is 0 Å². The van der Waals surface area contributed by atoms with Crippen LogP contribution in [0.4, 0.5) is 0 Å². The van der Waals surface area contributed by atoms with Gasteiger partial charge in [-0.15, -0.1) is 0 Å². The van der Waals surface area contributed by atoms with Gasteiger partial charge in [-0.05, 0) is 31.7 Å². The van der Waals surface area contributed by atoms with Crippen LogP contribution in [-0.4, -0.2) is 32.4 Å². The standard InChI is InChI=1S/C15H20ClN5O/c1-2-12(21-9-11(16)8-18-21)5-6-17-15(22)14-7-13(19-20-14)10-3-4-10/h7-10,12H,2-6H2,1H3,(H,17,22)(H,19,20)/t12-/m0/s1. The molecule has 6 nitrogen and oxygen atoms in total. The molecule has 0 bridgehead atoms. The molecule has 0 unspecified atom stereocenters. The number of halogens is 1. The van der Waals surface area contributed by atoms with Gasteiger partial charge in [0, 0.05) is 24.4 Å².